The molecule has 3 aromatic rings. The Morgan fingerprint density at radius 3 is 3.03 bits per heavy atom. The van der Waals surface area contributed by atoms with Crippen LogP contribution in [0.2, 0.25) is 0 Å². The predicted molar refractivity (Wildman–Crippen MR) is 133 cm³/mol. The average molecular weight is 459 g/mol. The molecule has 2 N–H and O–H groups in total. The summed E-state index contributed by atoms with van der Waals surface area (Å²) in [6.07, 6.45) is 9.38. The van der Waals surface area contributed by atoms with Crippen molar-refractivity contribution < 1.29 is 15.6 Å². The first-order valence-corrected chi connectivity index (χ1v) is 10.9. The molecule has 0 radical (unpaired) electrons. The lowest BCUT2D eigenvalue weighted by Gasteiger charge is -2.17. The van der Waals surface area contributed by atoms with Gasteiger partial charge in [0.2, 0.25) is 5.91 Å². The highest BCUT2D eigenvalue weighted by molar-refractivity contribution is 6.03. The molecular weight excluding hydrogens is 430 g/mol. The zero-order valence-corrected chi connectivity index (χ0v) is 19.2. The van der Waals surface area contributed by atoms with E-state index < -0.39 is 6.08 Å². The molecule has 1 aliphatic rings. The molecule has 4 rings (SSSR count). The highest BCUT2D eigenvalue weighted by Crippen LogP contribution is 2.34. The van der Waals surface area contributed by atoms with Gasteiger partial charge in [0.15, 0.2) is 0 Å². The van der Waals surface area contributed by atoms with Crippen molar-refractivity contribution in [1.82, 2.24) is 14.9 Å². The molecule has 1 fully saturated rings. The van der Waals surface area contributed by atoms with Crippen LogP contribution in [0.25, 0.3) is 10.9 Å². The van der Waals surface area contributed by atoms with Gasteiger partial charge in [0.25, 0.3) is 0 Å². The largest absolute Gasteiger partial charge is 0.486 e. The highest BCUT2D eigenvalue weighted by Gasteiger charge is 2.20. The Morgan fingerprint density at radius 1 is 1.38 bits per heavy atom. The molecule has 174 valence electrons. The summed E-state index contributed by atoms with van der Waals surface area (Å²) in [5, 5.41) is 6.81. The Labute approximate surface area is 200 Å². The number of benzene rings is 2. The van der Waals surface area contributed by atoms with Crippen LogP contribution in [0.5, 0.6) is 5.75 Å². The molecule has 1 atom stereocenters. The fraction of sp³-hybridized carbons (Fsp3) is 0.269. The molecule has 8 heteroatoms. The lowest BCUT2D eigenvalue weighted by atomic mass is 10.1. The smallest absolute Gasteiger partial charge is 0.248 e. The summed E-state index contributed by atoms with van der Waals surface area (Å²) in [6.45, 7) is 1.21. The number of likely N-dealkylation sites (N-methyl/N-ethyl adjacent to an activating group) is 1. The van der Waals surface area contributed by atoms with Gasteiger partial charge in [-0.05, 0) is 38.4 Å². The summed E-state index contributed by atoms with van der Waals surface area (Å²) in [5.41, 5.74) is 2.51. The van der Waals surface area contributed by atoms with Crippen LogP contribution in [0.15, 0.2) is 54.9 Å². The van der Waals surface area contributed by atoms with Crippen LogP contribution in [0, 0.1) is 12.3 Å². The van der Waals surface area contributed by atoms with Gasteiger partial charge in [-0.1, -0.05) is 18.1 Å². The second kappa shape index (κ2) is 10.8. The first-order chi connectivity index (χ1) is 16.8. The molecule has 0 saturated carbocycles. The molecule has 2 aromatic carbocycles. The summed E-state index contributed by atoms with van der Waals surface area (Å²) in [6, 6.07) is 10.9. The second-order valence-electron chi connectivity index (χ2n) is 8.04. The van der Waals surface area contributed by atoms with Gasteiger partial charge < -0.3 is 25.0 Å². The number of aromatic nitrogens is 2. The number of hydrogen-bond acceptors (Lipinski definition) is 7. The van der Waals surface area contributed by atoms with E-state index in [1.165, 1.54) is 12.4 Å². The number of carbonyl (C=O) groups is 1. The maximum Gasteiger partial charge on any atom is 0.248 e. The van der Waals surface area contributed by atoms with Gasteiger partial charge in [0, 0.05) is 41.7 Å². The molecular formula is C26H27N5O3. The zero-order valence-electron chi connectivity index (χ0n) is 20.2. The third-order valence-electron chi connectivity index (χ3n) is 5.07. The van der Waals surface area contributed by atoms with E-state index in [1.54, 1.807) is 18.2 Å². The number of fused-ring (bicyclic) bond motifs is 1. The predicted octanol–water partition coefficient (Wildman–Crippen LogP) is 3.58. The number of rotatable bonds is 8. The summed E-state index contributed by atoms with van der Waals surface area (Å²) < 4.78 is 19.9. The molecule has 1 aromatic heterocycles. The molecule has 2 heterocycles. The average Bonchev–Trinajstić information content (AvgIpc) is 3.25. The van der Waals surface area contributed by atoms with E-state index in [9.17, 15) is 4.79 Å². The van der Waals surface area contributed by atoms with Crippen molar-refractivity contribution in [3.63, 3.8) is 0 Å². The Morgan fingerprint density at radius 2 is 2.26 bits per heavy atom. The Hall–Kier alpha value is -3.93. The van der Waals surface area contributed by atoms with Crippen LogP contribution < -0.4 is 15.4 Å². The third kappa shape index (κ3) is 5.90. The number of ether oxygens (including phenoxy) is 2. The van der Waals surface area contributed by atoms with Crippen molar-refractivity contribution in [1.29, 1.82) is 0 Å². The topological polar surface area (TPSA) is 88.6 Å². The van der Waals surface area contributed by atoms with Crippen molar-refractivity contribution in [3.8, 4) is 18.1 Å². The highest BCUT2D eigenvalue weighted by atomic mass is 16.5. The maximum absolute atomic E-state index is 12.6. The summed E-state index contributed by atoms with van der Waals surface area (Å²) in [4.78, 5) is 23.3. The standard InChI is InChI=1S/C26H27N5O3/c1-4-18-7-5-8-19(13-18)29-26-21-14-23(30-25(32)9-6-11-31(2)3)24(15-22(21)27-17-28-26)34-20-10-12-33-16-20/h1,5-9,13-15,17,20H,10-12,16H2,2-3H3,(H,30,32)(H,27,28,29)/b9-6+/i20D. The van der Waals surface area contributed by atoms with Gasteiger partial charge in [-0.25, -0.2) is 9.97 Å². The van der Waals surface area contributed by atoms with Crippen LogP contribution in [-0.2, 0) is 9.53 Å². The molecule has 34 heavy (non-hydrogen) atoms. The van der Waals surface area contributed by atoms with Crippen molar-refractivity contribution in [2.24, 2.45) is 0 Å². The van der Waals surface area contributed by atoms with Crippen LogP contribution in [-0.4, -0.2) is 60.7 Å². The Bertz CT molecular complexity index is 1300. The fourth-order valence-corrected chi connectivity index (χ4v) is 3.41. The van der Waals surface area contributed by atoms with Crippen LogP contribution >= 0.6 is 0 Å². The van der Waals surface area contributed by atoms with Gasteiger partial charge in [-0.2, -0.15) is 0 Å². The van der Waals surface area contributed by atoms with Crippen molar-refractivity contribution in [3.05, 3.63) is 60.4 Å². The number of nitrogens with one attached hydrogen (secondary N) is 2. The van der Waals surface area contributed by atoms with Crippen LogP contribution in [0.4, 0.5) is 17.2 Å². The minimum absolute atomic E-state index is 0.142. The van der Waals surface area contributed by atoms with E-state index in [4.69, 9.17) is 17.3 Å². The normalized spacial score (nSPS) is 18.1. The lowest BCUT2D eigenvalue weighted by Crippen LogP contribution is -2.18. The van der Waals surface area contributed by atoms with Gasteiger partial charge >= 0.3 is 0 Å². The van der Waals surface area contributed by atoms with E-state index in [2.05, 4.69) is 26.5 Å². The Balaban J connectivity index is 1.71. The molecule has 0 aliphatic carbocycles. The molecule has 0 spiro atoms. The van der Waals surface area contributed by atoms with Crippen molar-refractivity contribution in [2.45, 2.75) is 12.5 Å². The minimum Gasteiger partial charge on any atom is -0.486 e. The van der Waals surface area contributed by atoms with E-state index in [0.717, 1.165) is 11.3 Å². The van der Waals surface area contributed by atoms with E-state index in [0.29, 0.717) is 47.7 Å². The van der Waals surface area contributed by atoms with E-state index in [-0.39, 0.29) is 12.5 Å². The fourth-order valence-electron chi connectivity index (χ4n) is 3.41. The van der Waals surface area contributed by atoms with Crippen molar-refractivity contribution >= 4 is 34.0 Å². The molecule has 1 saturated heterocycles. The van der Waals surface area contributed by atoms with Crippen molar-refractivity contribution in [2.75, 3.05) is 44.5 Å². The zero-order chi connectivity index (χ0) is 24.8. The molecule has 8 nitrogen and oxygen atoms in total. The monoisotopic (exact) mass is 458 g/mol. The number of carbonyl (C=O) groups excluding carboxylic acids is 1. The lowest BCUT2D eigenvalue weighted by molar-refractivity contribution is -0.111. The quantitative estimate of drug-likeness (QED) is 0.394. The number of hydrogen-bond donors (Lipinski definition) is 2. The minimum atomic E-state index is -1.24. The summed E-state index contributed by atoms with van der Waals surface area (Å²) in [7, 11) is 3.84. The SMILES string of the molecule is [2H]C1(Oc2cc3ncnc(Nc4cccc(C#C)c4)c3cc2NC(=O)/C=C/CN(C)C)CCOC1. The number of nitrogens with zero attached hydrogens (tertiary/aromatic N) is 3. The van der Waals surface area contributed by atoms with Crippen LogP contribution in [0.3, 0.4) is 0 Å². The number of terminal acetylenes is 1. The number of amides is 1. The van der Waals surface area contributed by atoms with E-state index in [1.807, 2.05) is 43.3 Å². The summed E-state index contributed by atoms with van der Waals surface area (Å²) >= 11 is 0. The maximum atomic E-state index is 12.6. The second-order valence-corrected chi connectivity index (χ2v) is 8.04. The summed E-state index contributed by atoms with van der Waals surface area (Å²) in [5.74, 6) is 3.18. The molecule has 1 aliphatic heterocycles. The van der Waals surface area contributed by atoms with Crippen LogP contribution in [0.1, 0.15) is 13.4 Å². The Kier molecular flexibility index (Phi) is 6.95. The van der Waals surface area contributed by atoms with Gasteiger partial charge in [0.05, 0.1) is 25.8 Å². The first kappa shape index (κ1) is 21.9. The van der Waals surface area contributed by atoms with Gasteiger partial charge in [-0.3, -0.25) is 4.79 Å². The van der Waals surface area contributed by atoms with E-state index >= 15 is 0 Å². The molecule has 1 amide bonds. The molecule has 0 bridgehead atoms. The van der Waals surface area contributed by atoms with Gasteiger partial charge in [-0.15, -0.1) is 6.42 Å². The first-order valence-electron chi connectivity index (χ1n) is 11.4. The van der Waals surface area contributed by atoms with Gasteiger partial charge in [0.1, 0.15) is 24.0 Å². The molecule has 1 unspecified atom stereocenters. The number of anilines is 3. The third-order valence-corrected chi connectivity index (χ3v) is 5.07.